The van der Waals surface area contributed by atoms with Gasteiger partial charge in [-0.2, -0.15) is 0 Å². The van der Waals surface area contributed by atoms with Crippen LogP contribution >= 0.6 is 0 Å². The van der Waals surface area contributed by atoms with Crippen LogP contribution in [-0.4, -0.2) is 48.4 Å². The van der Waals surface area contributed by atoms with Crippen LogP contribution in [0, 0.1) is 0 Å². The minimum atomic E-state index is -0.297. The summed E-state index contributed by atoms with van der Waals surface area (Å²) in [5, 5.41) is 5.75. The Kier molecular flexibility index (Phi) is 6.62. The zero-order valence-corrected chi connectivity index (χ0v) is 17.4. The van der Waals surface area contributed by atoms with Gasteiger partial charge in [-0.1, -0.05) is 24.3 Å². The molecule has 7 nitrogen and oxygen atoms in total. The summed E-state index contributed by atoms with van der Waals surface area (Å²) in [7, 11) is 0. The second-order valence-electron chi connectivity index (χ2n) is 7.96. The van der Waals surface area contributed by atoms with Crippen molar-refractivity contribution in [2.75, 3.05) is 25.0 Å². The molecule has 0 aromatic heterocycles. The van der Waals surface area contributed by atoms with Crippen molar-refractivity contribution in [3.8, 4) is 0 Å². The maximum absolute atomic E-state index is 12.9. The summed E-state index contributed by atoms with van der Waals surface area (Å²) >= 11 is 0. The topological polar surface area (TPSA) is 87.7 Å². The maximum atomic E-state index is 12.9. The Hall–Kier alpha value is -3.19. The Morgan fingerprint density at radius 1 is 1.06 bits per heavy atom. The number of nitrogens with zero attached hydrogens (tertiary/aromatic N) is 1. The van der Waals surface area contributed by atoms with E-state index in [1.807, 2.05) is 17.0 Å². The number of ether oxygens (including phenoxy) is 1. The van der Waals surface area contributed by atoms with Crippen LogP contribution in [0.25, 0.3) is 0 Å². The summed E-state index contributed by atoms with van der Waals surface area (Å²) in [5.74, 6) is -0.389. The molecular formula is C24H27N3O4. The second kappa shape index (κ2) is 9.75. The average Bonchev–Trinajstić information content (AvgIpc) is 3.45. The molecule has 31 heavy (non-hydrogen) atoms. The maximum Gasteiger partial charge on any atom is 0.255 e. The number of hydrogen-bond acceptors (Lipinski definition) is 4. The van der Waals surface area contributed by atoms with Crippen LogP contribution in [0.1, 0.15) is 52.0 Å². The van der Waals surface area contributed by atoms with Crippen molar-refractivity contribution in [3.63, 3.8) is 0 Å². The van der Waals surface area contributed by atoms with Crippen LogP contribution < -0.4 is 10.6 Å². The zero-order valence-electron chi connectivity index (χ0n) is 17.4. The van der Waals surface area contributed by atoms with Crippen LogP contribution in [0.3, 0.4) is 0 Å². The number of carbonyl (C=O) groups is 3. The van der Waals surface area contributed by atoms with Gasteiger partial charge in [0, 0.05) is 38.2 Å². The Morgan fingerprint density at radius 2 is 1.94 bits per heavy atom. The zero-order chi connectivity index (χ0) is 21.6. The van der Waals surface area contributed by atoms with E-state index >= 15 is 0 Å². The number of likely N-dealkylation sites (tertiary alicyclic amines) is 1. The molecule has 2 aromatic carbocycles. The lowest BCUT2D eigenvalue weighted by atomic mass is 10.1. The first-order chi connectivity index (χ1) is 15.1. The van der Waals surface area contributed by atoms with E-state index in [0.717, 1.165) is 38.0 Å². The first-order valence-corrected chi connectivity index (χ1v) is 10.8. The van der Waals surface area contributed by atoms with Gasteiger partial charge >= 0.3 is 0 Å². The highest BCUT2D eigenvalue weighted by atomic mass is 16.5. The smallest absolute Gasteiger partial charge is 0.255 e. The predicted molar refractivity (Wildman–Crippen MR) is 117 cm³/mol. The molecule has 2 aliphatic rings. The van der Waals surface area contributed by atoms with Crippen LogP contribution in [0.4, 0.5) is 5.69 Å². The van der Waals surface area contributed by atoms with Crippen molar-refractivity contribution >= 4 is 23.4 Å². The molecule has 2 aliphatic heterocycles. The Labute approximate surface area is 181 Å². The SMILES string of the molecule is O=C(Nc1ccccc1C(=O)NC[C@@H]1CCCO1)c1cccc(CN2CCCC2=O)c1. The van der Waals surface area contributed by atoms with E-state index in [9.17, 15) is 14.4 Å². The van der Waals surface area contributed by atoms with Gasteiger partial charge in [-0.05, 0) is 49.1 Å². The molecule has 3 amide bonds. The molecule has 2 aromatic rings. The number of hydrogen-bond donors (Lipinski definition) is 2. The Bertz CT molecular complexity index is 969. The molecular weight excluding hydrogens is 394 g/mol. The molecule has 1 atom stereocenters. The highest BCUT2D eigenvalue weighted by molar-refractivity contribution is 6.09. The van der Waals surface area contributed by atoms with Gasteiger partial charge in [0.1, 0.15) is 0 Å². The number of nitrogens with one attached hydrogen (secondary N) is 2. The summed E-state index contributed by atoms with van der Waals surface area (Å²) in [6.45, 7) is 2.45. The Morgan fingerprint density at radius 3 is 2.71 bits per heavy atom. The first kappa shape index (κ1) is 21.1. The Balaban J connectivity index is 1.42. The third-order valence-electron chi connectivity index (χ3n) is 5.67. The van der Waals surface area contributed by atoms with Gasteiger partial charge in [0.25, 0.3) is 11.8 Å². The normalized spacial score (nSPS) is 18.3. The van der Waals surface area contributed by atoms with Crippen LogP contribution in [0.5, 0.6) is 0 Å². The first-order valence-electron chi connectivity index (χ1n) is 10.8. The van der Waals surface area contributed by atoms with Crippen molar-refractivity contribution in [2.45, 2.75) is 38.3 Å². The van der Waals surface area contributed by atoms with Gasteiger partial charge in [0.15, 0.2) is 0 Å². The van der Waals surface area contributed by atoms with E-state index in [4.69, 9.17) is 4.74 Å². The third-order valence-corrected chi connectivity index (χ3v) is 5.67. The largest absolute Gasteiger partial charge is 0.376 e. The summed E-state index contributed by atoms with van der Waals surface area (Å²) in [6, 6.07) is 14.2. The number of para-hydroxylation sites is 1. The van der Waals surface area contributed by atoms with E-state index < -0.39 is 0 Å². The minimum Gasteiger partial charge on any atom is -0.376 e. The molecule has 162 valence electrons. The summed E-state index contributed by atoms with van der Waals surface area (Å²) < 4.78 is 5.55. The molecule has 2 saturated heterocycles. The highest BCUT2D eigenvalue weighted by Gasteiger charge is 2.21. The molecule has 7 heteroatoms. The van der Waals surface area contributed by atoms with E-state index in [-0.39, 0.29) is 23.8 Å². The summed E-state index contributed by atoms with van der Waals surface area (Å²) in [4.78, 5) is 39.2. The van der Waals surface area contributed by atoms with Gasteiger partial charge < -0.3 is 20.3 Å². The molecule has 2 N–H and O–H groups in total. The quantitative estimate of drug-likeness (QED) is 0.720. The van der Waals surface area contributed by atoms with Gasteiger partial charge in [-0.15, -0.1) is 0 Å². The number of benzene rings is 2. The van der Waals surface area contributed by atoms with Crippen molar-refractivity contribution < 1.29 is 19.1 Å². The number of anilines is 1. The van der Waals surface area contributed by atoms with E-state index in [0.29, 0.717) is 36.3 Å². The monoisotopic (exact) mass is 421 g/mol. The van der Waals surface area contributed by atoms with Crippen molar-refractivity contribution in [2.24, 2.45) is 0 Å². The molecule has 0 aliphatic carbocycles. The fourth-order valence-electron chi connectivity index (χ4n) is 3.99. The lowest BCUT2D eigenvalue weighted by molar-refractivity contribution is -0.128. The van der Waals surface area contributed by atoms with E-state index in [1.54, 1.807) is 36.4 Å². The second-order valence-corrected chi connectivity index (χ2v) is 7.96. The lowest BCUT2D eigenvalue weighted by Gasteiger charge is -2.16. The predicted octanol–water partition coefficient (Wildman–Crippen LogP) is 2.97. The van der Waals surface area contributed by atoms with Crippen molar-refractivity contribution in [3.05, 3.63) is 65.2 Å². The van der Waals surface area contributed by atoms with Crippen LogP contribution in [-0.2, 0) is 16.1 Å². The molecule has 0 radical (unpaired) electrons. The van der Waals surface area contributed by atoms with E-state index in [2.05, 4.69) is 10.6 Å². The molecule has 2 fully saturated rings. The third kappa shape index (κ3) is 5.30. The fourth-order valence-corrected chi connectivity index (χ4v) is 3.99. The fraction of sp³-hybridized carbons (Fsp3) is 0.375. The van der Waals surface area contributed by atoms with Gasteiger partial charge in [0.05, 0.1) is 17.4 Å². The molecule has 0 spiro atoms. The highest BCUT2D eigenvalue weighted by Crippen LogP contribution is 2.19. The number of amides is 3. The van der Waals surface area contributed by atoms with Crippen LogP contribution in [0.2, 0.25) is 0 Å². The molecule has 0 unspecified atom stereocenters. The average molecular weight is 421 g/mol. The molecule has 0 bridgehead atoms. The molecule has 4 rings (SSSR count). The van der Waals surface area contributed by atoms with Gasteiger partial charge in [0.2, 0.25) is 5.91 Å². The van der Waals surface area contributed by atoms with Gasteiger partial charge in [-0.25, -0.2) is 0 Å². The van der Waals surface area contributed by atoms with E-state index in [1.165, 1.54) is 0 Å². The number of carbonyl (C=O) groups excluding carboxylic acids is 3. The lowest BCUT2D eigenvalue weighted by Crippen LogP contribution is -2.32. The van der Waals surface area contributed by atoms with Crippen molar-refractivity contribution in [1.29, 1.82) is 0 Å². The number of rotatable bonds is 7. The minimum absolute atomic E-state index is 0.0518. The van der Waals surface area contributed by atoms with Gasteiger partial charge in [-0.3, -0.25) is 14.4 Å². The molecule has 2 heterocycles. The summed E-state index contributed by atoms with van der Waals surface area (Å²) in [5.41, 5.74) is 2.26. The van der Waals surface area contributed by atoms with Crippen molar-refractivity contribution in [1.82, 2.24) is 10.2 Å². The van der Waals surface area contributed by atoms with Crippen LogP contribution in [0.15, 0.2) is 48.5 Å². The molecule has 0 saturated carbocycles. The summed E-state index contributed by atoms with van der Waals surface area (Å²) in [6.07, 6.45) is 3.48. The standard InChI is InChI=1S/C24H27N3O4/c28-22-11-4-12-27(22)16-17-6-3-7-18(14-17)23(29)26-21-10-2-1-9-20(21)24(30)25-15-19-8-5-13-31-19/h1-3,6-7,9-10,14,19H,4-5,8,11-13,15-16H2,(H,25,30)(H,26,29)/t19-/m0/s1.